The molecule has 3 N–H and O–H groups in total. The number of rotatable bonds is 3. The van der Waals surface area contributed by atoms with E-state index in [0.29, 0.717) is 11.4 Å². The summed E-state index contributed by atoms with van der Waals surface area (Å²) in [6.07, 6.45) is 1.41. The average molecular weight is 261 g/mol. The Morgan fingerprint density at radius 2 is 2.16 bits per heavy atom. The molecule has 5 nitrogen and oxygen atoms in total. The second-order valence-electron chi connectivity index (χ2n) is 3.75. The van der Waals surface area contributed by atoms with Crippen LogP contribution in [-0.4, -0.2) is 17.9 Å². The van der Waals surface area contributed by atoms with Crippen molar-refractivity contribution in [3.05, 3.63) is 48.0 Å². The fourth-order valence-electron chi connectivity index (χ4n) is 1.45. The van der Waals surface area contributed by atoms with E-state index in [1.165, 1.54) is 37.5 Å². The molecule has 0 fully saturated rings. The zero-order chi connectivity index (χ0) is 13.8. The number of amides is 1. The first-order chi connectivity index (χ1) is 9.10. The monoisotopic (exact) mass is 261 g/mol. The van der Waals surface area contributed by atoms with Gasteiger partial charge in [-0.2, -0.15) is 0 Å². The Balaban J connectivity index is 2.26. The average Bonchev–Trinajstić information content (AvgIpc) is 2.41. The predicted molar refractivity (Wildman–Crippen MR) is 68.5 cm³/mol. The minimum Gasteiger partial charge on any atom is -0.454 e. The Kier molecular flexibility index (Phi) is 3.61. The van der Waals surface area contributed by atoms with Crippen molar-refractivity contribution in [2.75, 3.05) is 12.8 Å². The number of hydrogen-bond acceptors (Lipinski definition) is 4. The van der Waals surface area contributed by atoms with Crippen molar-refractivity contribution in [3.63, 3.8) is 0 Å². The number of hydrogen-bond donors (Lipinski definition) is 2. The second kappa shape index (κ2) is 5.34. The lowest BCUT2D eigenvalue weighted by molar-refractivity contribution is 0.0958. The van der Waals surface area contributed by atoms with E-state index >= 15 is 0 Å². The van der Waals surface area contributed by atoms with Crippen LogP contribution in [-0.2, 0) is 0 Å². The van der Waals surface area contributed by atoms with Crippen LogP contribution in [0.15, 0.2) is 36.5 Å². The summed E-state index contributed by atoms with van der Waals surface area (Å²) in [6, 6.07) is 7.07. The van der Waals surface area contributed by atoms with Crippen LogP contribution in [0.5, 0.6) is 11.5 Å². The topological polar surface area (TPSA) is 77.2 Å². The van der Waals surface area contributed by atoms with Crippen LogP contribution in [0.4, 0.5) is 10.1 Å². The van der Waals surface area contributed by atoms with Crippen LogP contribution in [0.25, 0.3) is 0 Å². The summed E-state index contributed by atoms with van der Waals surface area (Å²) in [5, 5.41) is 2.44. The molecule has 0 radical (unpaired) electrons. The van der Waals surface area contributed by atoms with Gasteiger partial charge >= 0.3 is 0 Å². The first kappa shape index (κ1) is 12.8. The molecule has 19 heavy (non-hydrogen) atoms. The van der Waals surface area contributed by atoms with Gasteiger partial charge in [-0.25, -0.2) is 4.39 Å². The molecular formula is C13H12FN3O2. The molecule has 98 valence electrons. The number of benzene rings is 1. The summed E-state index contributed by atoms with van der Waals surface area (Å²) in [4.78, 5) is 15.3. The molecule has 2 aromatic rings. The summed E-state index contributed by atoms with van der Waals surface area (Å²) >= 11 is 0. The van der Waals surface area contributed by atoms with E-state index in [9.17, 15) is 9.18 Å². The van der Waals surface area contributed by atoms with Gasteiger partial charge in [0.05, 0.1) is 0 Å². The van der Waals surface area contributed by atoms with Crippen molar-refractivity contribution in [2.45, 2.75) is 0 Å². The minimum atomic E-state index is -0.571. The Morgan fingerprint density at radius 3 is 2.84 bits per heavy atom. The third kappa shape index (κ3) is 2.98. The van der Waals surface area contributed by atoms with E-state index < -0.39 is 5.82 Å². The minimum absolute atomic E-state index is 0.0308. The number of nitrogens with two attached hydrogens (primary N) is 1. The molecule has 1 heterocycles. The molecule has 0 spiro atoms. The van der Waals surface area contributed by atoms with Gasteiger partial charge < -0.3 is 15.8 Å². The summed E-state index contributed by atoms with van der Waals surface area (Å²) in [6.45, 7) is 0. The maximum atomic E-state index is 13.6. The molecule has 0 atom stereocenters. The Labute approximate surface area is 109 Å². The van der Waals surface area contributed by atoms with Gasteiger partial charge in [0.25, 0.3) is 5.91 Å². The number of nitrogen functional groups attached to an aromatic ring is 1. The van der Waals surface area contributed by atoms with Crippen LogP contribution < -0.4 is 15.8 Å². The van der Waals surface area contributed by atoms with E-state index in [2.05, 4.69) is 10.3 Å². The zero-order valence-corrected chi connectivity index (χ0v) is 10.2. The molecule has 0 aliphatic carbocycles. The predicted octanol–water partition coefficient (Wildman–Crippen LogP) is 1.95. The van der Waals surface area contributed by atoms with E-state index in [1.54, 1.807) is 0 Å². The van der Waals surface area contributed by atoms with E-state index in [4.69, 9.17) is 10.5 Å². The molecule has 2 rings (SSSR count). The van der Waals surface area contributed by atoms with Gasteiger partial charge in [0.15, 0.2) is 11.6 Å². The molecule has 6 heteroatoms. The van der Waals surface area contributed by atoms with Crippen molar-refractivity contribution < 1.29 is 13.9 Å². The molecule has 0 unspecified atom stereocenters. The fraction of sp³-hybridized carbons (Fsp3) is 0.0769. The van der Waals surface area contributed by atoms with E-state index in [1.807, 2.05) is 0 Å². The SMILES string of the molecule is CNC(=O)c1cc(Oc2ccc(N)cc2F)ccn1. The summed E-state index contributed by atoms with van der Waals surface area (Å²) in [5.41, 5.74) is 5.95. The number of carbonyl (C=O) groups excluding carboxylic acids is 1. The first-order valence-electron chi connectivity index (χ1n) is 5.51. The molecule has 0 aliphatic rings. The number of carbonyl (C=O) groups is 1. The number of aromatic nitrogens is 1. The van der Waals surface area contributed by atoms with E-state index in [-0.39, 0.29) is 17.4 Å². The molecular weight excluding hydrogens is 249 g/mol. The van der Waals surface area contributed by atoms with Crippen LogP contribution in [0.1, 0.15) is 10.5 Å². The smallest absolute Gasteiger partial charge is 0.269 e. The number of nitrogens with zero attached hydrogens (tertiary/aromatic N) is 1. The molecule has 0 aliphatic heterocycles. The highest BCUT2D eigenvalue weighted by Gasteiger charge is 2.09. The van der Waals surface area contributed by atoms with E-state index in [0.717, 1.165) is 6.07 Å². The Hall–Kier alpha value is -2.63. The molecule has 1 aromatic carbocycles. The van der Waals surface area contributed by atoms with Gasteiger partial charge in [-0.05, 0) is 18.2 Å². The maximum Gasteiger partial charge on any atom is 0.269 e. The number of ether oxygens (including phenoxy) is 1. The summed E-state index contributed by atoms with van der Waals surface area (Å²) in [7, 11) is 1.50. The van der Waals surface area contributed by atoms with Crippen molar-refractivity contribution in [1.29, 1.82) is 0 Å². The molecule has 0 saturated carbocycles. The first-order valence-corrected chi connectivity index (χ1v) is 5.51. The Bertz CT molecular complexity index is 617. The highest BCUT2D eigenvalue weighted by Crippen LogP contribution is 2.25. The normalized spacial score (nSPS) is 10.0. The van der Waals surface area contributed by atoms with Gasteiger partial charge in [0, 0.05) is 31.1 Å². The third-order valence-electron chi connectivity index (χ3n) is 2.37. The number of pyridine rings is 1. The lowest BCUT2D eigenvalue weighted by Gasteiger charge is -2.08. The second-order valence-corrected chi connectivity index (χ2v) is 3.75. The van der Waals surface area contributed by atoms with Crippen molar-refractivity contribution in [1.82, 2.24) is 10.3 Å². The molecule has 0 saturated heterocycles. The van der Waals surface area contributed by atoms with Crippen LogP contribution in [0.3, 0.4) is 0 Å². The quantitative estimate of drug-likeness (QED) is 0.828. The largest absolute Gasteiger partial charge is 0.454 e. The number of halogens is 1. The lowest BCUT2D eigenvalue weighted by atomic mass is 10.3. The number of nitrogens with one attached hydrogen (secondary N) is 1. The van der Waals surface area contributed by atoms with Gasteiger partial charge in [0.2, 0.25) is 0 Å². The zero-order valence-electron chi connectivity index (χ0n) is 10.2. The highest BCUT2D eigenvalue weighted by atomic mass is 19.1. The van der Waals surface area contributed by atoms with Crippen molar-refractivity contribution >= 4 is 11.6 Å². The Morgan fingerprint density at radius 1 is 1.37 bits per heavy atom. The summed E-state index contributed by atoms with van der Waals surface area (Å²) < 4.78 is 18.9. The van der Waals surface area contributed by atoms with Gasteiger partial charge in [-0.1, -0.05) is 0 Å². The third-order valence-corrected chi connectivity index (χ3v) is 2.37. The molecule has 1 aromatic heterocycles. The molecule has 0 bridgehead atoms. The van der Waals surface area contributed by atoms with Crippen molar-refractivity contribution in [2.24, 2.45) is 0 Å². The van der Waals surface area contributed by atoms with Crippen molar-refractivity contribution in [3.8, 4) is 11.5 Å². The standard InChI is InChI=1S/C13H12FN3O2/c1-16-13(18)11-7-9(4-5-17-11)19-12-3-2-8(15)6-10(12)14/h2-7H,15H2,1H3,(H,16,18). The van der Waals surface area contributed by atoms with Gasteiger partial charge in [-0.15, -0.1) is 0 Å². The number of anilines is 1. The van der Waals surface area contributed by atoms with Crippen LogP contribution >= 0.6 is 0 Å². The van der Waals surface area contributed by atoms with Gasteiger partial charge in [0.1, 0.15) is 11.4 Å². The summed E-state index contributed by atoms with van der Waals surface area (Å²) in [5.74, 6) is -0.568. The molecule has 1 amide bonds. The lowest BCUT2D eigenvalue weighted by Crippen LogP contribution is -2.18. The maximum absolute atomic E-state index is 13.6. The highest BCUT2D eigenvalue weighted by molar-refractivity contribution is 5.92. The van der Waals surface area contributed by atoms with Crippen LogP contribution in [0.2, 0.25) is 0 Å². The van der Waals surface area contributed by atoms with Gasteiger partial charge in [-0.3, -0.25) is 9.78 Å². The van der Waals surface area contributed by atoms with Crippen LogP contribution in [0, 0.1) is 5.82 Å². The fourth-order valence-corrected chi connectivity index (χ4v) is 1.45.